The van der Waals surface area contributed by atoms with E-state index in [1.165, 1.54) is 6.42 Å². The molecule has 1 aliphatic heterocycles. The van der Waals surface area contributed by atoms with Gasteiger partial charge in [0.15, 0.2) is 0 Å². The molecule has 1 aromatic heterocycles. The molecule has 20 heavy (non-hydrogen) atoms. The Kier molecular flexibility index (Phi) is 3.42. The number of imidazole rings is 1. The second kappa shape index (κ2) is 5.09. The van der Waals surface area contributed by atoms with E-state index >= 15 is 0 Å². The zero-order valence-electron chi connectivity index (χ0n) is 12.6. The third kappa shape index (κ3) is 2.52. The largest absolute Gasteiger partial charge is 0.399 e. The molecule has 0 amide bonds. The topological polar surface area (TPSA) is 57.9 Å². The summed E-state index contributed by atoms with van der Waals surface area (Å²) < 4.78 is 0. The van der Waals surface area contributed by atoms with E-state index in [1.807, 2.05) is 18.2 Å². The Balaban J connectivity index is 1.81. The van der Waals surface area contributed by atoms with Crippen LogP contribution in [0.1, 0.15) is 33.0 Å². The summed E-state index contributed by atoms with van der Waals surface area (Å²) in [6.07, 6.45) is 1.33. The molecule has 3 rings (SSSR count). The molecule has 0 radical (unpaired) electrons. The molecule has 0 aliphatic carbocycles. The van der Waals surface area contributed by atoms with Crippen LogP contribution < -0.4 is 5.73 Å². The fourth-order valence-corrected chi connectivity index (χ4v) is 3.39. The first kappa shape index (κ1) is 13.4. The summed E-state index contributed by atoms with van der Waals surface area (Å²) in [5.74, 6) is 2.55. The highest BCUT2D eigenvalue weighted by Crippen LogP contribution is 2.28. The maximum Gasteiger partial charge on any atom is 0.121 e. The van der Waals surface area contributed by atoms with Gasteiger partial charge in [0.1, 0.15) is 5.82 Å². The van der Waals surface area contributed by atoms with Crippen LogP contribution in [0.5, 0.6) is 0 Å². The van der Waals surface area contributed by atoms with Crippen LogP contribution in [0.4, 0.5) is 5.69 Å². The molecule has 4 nitrogen and oxygen atoms in total. The smallest absolute Gasteiger partial charge is 0.121 e. The van der Waals surface area contributed by atoms with Gasteiger partial charge in [0, 0.05) is 18.3 Å². The van der Waals surface area contributed by atoms with Gasteiger partial charge in [0.05, 0.1) is 17.6 Å². The number of rotatable bonds is 2. The molecule has 108 valence electrons. The van der Waals surface area contributed by atoms with E-state index in [0.717, 1.165) is 47.5 Å². The minimum absolute atomic E-state index is 0.615. The summed E-state index contributed by atoms with van der Waals surface area (Å²) in [5.41, 5.74) is 8.63. The van der Waals surface area contributed by atoms with Crippen molar-refractivity contribution < 1.29 is 0 Å². The van der Waals surface area contributed by atoms with Gasteiger partial charge in [0.2, 0.25) is 0 Å². The maximum atomic E-state index is 5.82. The van der Waals surface area contributed by atoms with Crippen LogP contribution in [-0.2, 0) is 6.54 Å². The monoisotopic (exact) mass is 272 g/mol. The van der Waals surface area contributed by atoms with Gasteiger partial charge in [-0.15, -0.1) is 0 Å². The van der Waals surface area contributed by atoms with Crippen molar-refractivity contribution in [2.24, 2.45) is 11.8 Å². The lowest BCUT2D eigenvalue weighted by molar-refractivity contribution is 0.0709. The van der Waals surface area contributed by atoms with Crippen molar-refractivity contribution in [3.05, 3.63) is 24.0 Å². The number of fused-ring (bicyclic) bond motifs is 1. The number of hydrogen-bond donors (Lipinski definition) is 2. The van der Waals surface area contributed by atoms with Crippen molar-refractivity contribution >= 4 is 16.7 Å². The summed E-state index contributed by atoms with van der Waals surface area (Å²) in [7, 11) is 0. The lowest BCUT2D eigenvalue weighted by Crippen LogP contribution is -2.45. The van der Waals surface area contributed by atoms with Crippen LogP contribution in [0.25, 0.3) is 11.0 Å². The molecule has 0 spiro atoms. The number of nitrogens with zero attached hydrogens (tertiary/aromatic N) is 2. The summed E-state index contributed by atoms with van der Waals surface area (Å²) in [4.78, 5) is 10.6. The van der Waals surface area contributed by atoms with Gasteiger partial charge in [-0.25, -0.2) is 4.98 Å². The molecule has 2 heterocycles. The molecular formula is C16H24N4. The Labute approximate surface area is 120 Å². The average Bonchev–Trinajstić information content (AvgIpc) is 2.76. The van der Waals surface area contributed by atoms with Crippen molar-refractivity contribution in [1.82, 2.24) is 14.9 Å². The van der Waals surface area contributed by atoms with Gasteiger partial charge in [-0.05, 0) is 43.4 Å². The van der Waals surface area contributed by atoms with Gasteiger partial charge in [0.25, 0.3) is 0 Å². The number of hydrogen-bond acceptors (Lipinski definition) is 3. The summed E-state index contributed by atoms with van der Waals surface area (Å²) in [5, 5.41) is 0. The molecule has 3 N–H and O–H groups in total. The first-order valence-electron chi connectivity index (χ1n) is 7.51. The summed E-state index contributed by atoms with van der Waals surface area (Å²) >= 11 is 0. The fourth-order valence-electron chi connectivity index (χ4n) is 3.39. The quantitative estimate of drug-likeness (QED) is 0.826. The van der Waals surface area contributed by atoms with E-state index in [-0.39, 0.29) is 0 Å². The van der Waals surface area contributed by atoms with E-state index in [1.54, 1.807) is 0 Å². The van der Waals surface area contributed by atoms with Crippen LogP contribution in [0.3, 0.4) is 0 Å². The number of likely N-dealkylation sites (tertiary alicyclic amines) is 1. The first-order valence-corrected chi connectivity index (χ1v) is 7.51. The van der Waals surface area contributed by atoms with Crippen molar-refractivity contribution in [2.75, 3.05) is 12.3 Å². The van der Waals surface area contributed by atoms with E-state index in [0.29, 0.717) is 6.04 Å². The number of nitrogen functional groups attached to an aromatic ring is 1. The maximum absolute atomic E-state index is 5.82. The second-order valence-electron chi connectivity index (χ2n) is 6.45. The van der Waals surface area contributed by atoms with E-state index < -0.39 is 0 Å². The van der Waals surface area contributed by atoms with E-state index in [9.17, 15) is 0 Å². The number of benzene rings is 1. The SMILES string of the molecule is CC1CC(C)C(C)N(Cc2nc3ccc(N)cc3[nH]2)C1. The van der Waals surface area contributed by atoms with Gasteiger partial charge < -0.3 is 10.7 Å². The number of anilines is 1. The van der Waals surface area contributed by atoms with Crippen LogP contribution in [0.15, 0.2) is 18.2 Å². The number of aromatic amines is 1. The van der Waals surface area contributed by atoms with E-state index in [4.69, 9.17) is 5.73 Å². The predicted octanol–water partition coefficient (Wildman–Crippen LogP) is 3.01. The van der Waals surface area contributed by atoms with Crippen molar-refractivity contribution in [3.8, 4) is 0 Å². The van der Waals surface area contributed by atoms with Gasteiger partial charge >= 0.3 is 0 Å². The first-order chi connectivity index (χ1) is 9.52. The molecule has 1 fully saturated rings. The van der Waals surface area contributed by atoms with Crippen molar-refractivity contribution in [2.45, 2.75) is 39.8 Å². The molecule has 2 aromatic rings. The number of nitrogens with two attached hydrogens (primary N) is 1. The molecular weight excluding hydrogens is 248 g/mol. The standard InChI is InChI=1S/C16H24N4/c1-10-6-11(2)12(3)20(8-10)9-16-18-14-5-4-13(17)7-15(14)19-16/h4-5,7,10-12H,6,8-9,17H2,1-3H3,(H,18,19). The third-order valence-corrected chi connectivity index (χ3v) is 4.63. The second-order valence-corrected chi connectivity index (χ2v) is 6.45. The van der Waals surface area contributed by atoms with Crippen molar-refractivity contribution in [3.63, 3.8) is 0 Å². The Morgan fingerprint density at radius 2 is 2.15 bits per heavy atom. The zero-order chi connectivity index (χ0) is 14.3. The predicted molar refractivity (Wildman–Crippen MR) is 83.3 cm³/mol. The highest BCUT2D eigenvalue weighted by molar-refractivity contribution is 5.78. The number of H-pyrrole nitrogens is 1. The van der Waals surface area contributed by atoms with E-state index in [2.05, 4.69) is 35.6 Å². The molecule has 1 saturated heterocycles. The van der Waals surface area contributed by atoms with Crippen LogP contribution in [0, 0.1) is 11.8 Å². The lowest BCUT2D eigenvalue weighted by atomic mass is 9.86. The molecule has 4 heteroatoms. The Hall–Kier alpha value is -1.55. The van der Waals surface area contributed by atoms with Crippen molar-refractivity contribution in [1.29, 1.82) is 0 Å². The minimum atomic E-state index is 0.615. The number of piperidine rings is 1. The molecule has 3 unspecified atom stereocenters. The Morgan fingerprint density at radius 3 is 2.95 bits per heavy atom. The van der Waals surface area contributed by atoms with Crippen LogP contribution >= 0.6 is 0 Å². The third-order valence-electron chi connectivity index (χ3n) is 4.63. The fraction of sp³-hybridized carbons (Fsp3) is 0.562. The highest BCUT2D eigenvalue weighted by Gasteiger charge is 2.29. The lowest BCUT2D eigenvalue weighted by Gasteiger charge is -2.40. The Bertz CT molecular complexity index is 604. The summed E-state index contributed by atoms with van der Waals surface area (Å²) in [6.45, 7) is 9.08. The Morgan fingerprint density at radius 1 is 1.35 bits per heavy atom. The van der Waals surface area contributed by atoms with Gasteiger partial charge in [-0.1, -0.05) is 13.8 Å². The normalized spacial score (nSPS) is 28.1. The zero-order valence-corrected chi connectivity index (χ0v) is 12.6. The summed E-state index contributed by atoms with van der Waals surface area (Å²) in [6, 6.07) is 6.46. The number of aromatic nitrogens is 2. The number of nitrogens with one attached hydrogen (secondary N) is 1. The molecule has 1 aromatic carbocycles. The molecule has 3 atom stereocenters. The molecule has 0 bridgehead atoms. The molecule has 0 saturated carbocycles. The van der Waals surface area contributed by atoms with Crippen LogP contribution in [0.2, 0.25) is 0 Å². The molecule has 1 aliphatic rings. The highest BCUT2D eigenvalue weighted by atomic mass is 15.2. The minimum Gasteiger partial charge on any atom is -0.399 e. The van der Waals surface area contributed by atoms with Crippen LogP contribution in [-0.4, -0.2) is 27.5 Å². The van der Waals surface area contributed by atoms with Gasteiger partial charge in [-0.3, -0.25) is 4.90 Å². The van der Waals surface area contributed by atoms with Gasteiger partial charge in [-0.2, -0.15) is 0 Å². The average molecular weight is 272 g/mol.